The third-order valence-corrected chi connectivity index (χ3v) is 11.8. The van der Waals surface area contributed by atoms with Crippen molar-refractivity contribution in [1.82, 2.24) is 0 Å². The molecule has 7 nitrogen and oxygen atoms in total. The number of ketones is 1. The van der Waals surface area contributed by atoms with E-state index < -0.39 is 45.6 Å². The van der Waals surface area contributed by atoms with E-state index in [9.17, 15) is 19.8 Å². The van der Waals surface area contributed by atoms with Crippen molar-refractivity contribution in [2.24, 2.45) is 39.4 Å². The second-order valence-corrected chi connectivity index (χ2v) is 13.1. The molecule has 3 heterocycles. The number of carbonyl (C=O) groups excluding carboxylic acids is 2. The van der Waals surface area contributed by atoms with Crippen molar-refractivity contribution >= 4 is 11.8 Å². The summed E-state index contributed by atoms with van der Waals surface area (Å²) in [6, 6.07) is 0. The SMILES string of the molecule is CC1(C)C2CC(=O)[C@]3(C)C(CC[C@@]4(C)[C@H]([C@H]5CCOC5)OC(=O)C5OC543)[C@@]2(C)[C@@H](O)C[C@H]1O. The lowest BCUT2D eigenvalue weighted by Crippen LogP contribution is -2.75. The highest BCUT2D eigenvalue weighted by Gasteiger charge is 2.88. The number of aliphatic hydroxyl groups excluding tert-OH is 2. The maximum Gasteiger partial charge on any atom is 0.338 e. The first-order valence-corrected chi connectivity index (χ1v) is 12.7. The van der Waals surface area contributed by atoms with E-state index in [0.717, 1.165) is 19.3 Å². The molecule has 3 aliphatic carbocycles. The van der Waals surface area contributed by atoms with Gasteiger partial charge in [0.15, 0.2) is 6.10 Å². The number of hydrogen-bond donors (Lipinski definition) is 2. The van der Waals surface area contributed by atoms with Crippen LogP contribution in [0.3, 0.4) is 0 Å². The van der Waals surface area contributed by atoms with Crippen molar-refractivity contribution in [3.63, 3.8) is 0 Å². The zero-order valence-corrected chi connectivity index (χ0v) is 20.4. The summed E-state index contributed by atoms with van der Waals surface area (Å²) in [6.07, 6.45) is 0.524. The first kappa shape index (κ1) is 22.4. The Hall–Kier alpha value is -1.02. The molecule has 7 heteroatoms. The molecule has 3 saturated heterocycles. The topological polar surface area (TPSA) is 106 Å². The molecule has 2 N–H and O–H groups in total. The summed E-state index contributed by atoms with van der Waals surface area (Å²) in [4.78, 5) is 27.3. The number of esters is 1. The van der Waals surface area contributed by atoms with Crippen LogP contribution in [0.5, 0.6) is 0 Å². The standard InChI is InChI=1S/C26H38O7/c1-22(2)15-10-18(29)25(5)14(24(15,4)17(28)11-16(22)27)6-8-23(3)19(13-7-9-31-12-13)32-21(30)20-26(23,25)33-20/h13-17,19-20,27-28H,6-12H2,1-5H3/t13-,14?,15?,16+,17-,19-,20?,23-,24+,25-,26?/m0/s1. The summed E-state index contributed by atoms with van der Waals surface area (Å²) in [5.41, 5.74) is -3.32. The summed E-state index contributed by atoms with van der Waals surface area (Å²) < 4.78 is 18.0. The van der Waals surface area contributed by atoms with Gasteiger partial charge in [0.1, 0.15) is 17.5 Å². The van der Waals surface area contributed by atoms with Gasteiger partial charge in [-0.2, -0.15) is 0 Å². The van der Waals surface area contributed by atoms with Crippen molar-refractivity contribution in [3.8, 4) is 0 Å². The van der Waals surface area contributed by atoms with Crippen molar-refractivity contribution < 1.29 is 34.0 Å². The monoisotopic (exact) mass is 462 g/mol. The first-order chi connectivity index (χ1) is 15.4. The zero-order chi connectivity index (χ0) is 23.8. The fraction of sp³-hybridized carbons (Fsp3) is 0.923. The van der Waals surface area contributed by atoms with Crippen LogP contribution in [0.1, 0.15) is 66.7 Å². The van der Waals surface area contributed by atoms with Crippen LogP contribution in [0.15, 0.2) is 0 Å². The van der Waals surface area contributed by atoms with E-state index in [1.807, 2.05) is 20.8 Å². The molecule has 1 spiro atoms. The minimum absolute atomic E-state index is 0.105. The Balaban J connectivity index is 1.49. The lowest BCUT2D eigenvalue weighted by atomic mass is 9.34. The quantitative estimate of drug-likeness (QED) is 0.455. The minimum Gasteiger partial charge on any atom is -0.459 e. The fourth-order valence-corrected chi connectivity index (χ4v) is 9.77. The highest BCUT2D eigenvalue weighted by atomic mass is 16.7. The number of carbonyl (C=O) groups is 2. The van der Waals surface area contributed by atoms with Gasteiger partial charge in [0.05, 0.1) is 24.2 Å². The summed E-state index contributed by atoms with van der Waals surface area (Å²) in [6.45, 7) is 11.5. The lowest BCUT2D eigenvalue weighted by Gasteiger charge is -2.69. The van der Waals surface area contributed by atoms with Crippen LogP contribution < -0.4 is 0 Å². The van der Waals surface area contributed by atoms with Crippen LogP contribution in [0.2, 0.25) is 0 Å². The molecule has 3 aliphatic heterocycles. The average Bonchev–Trinajstić information content (AvgIpc) is 3.32. The molecule has 6 rings (SSSR count). The van der Waals surface area contributed by atoms with Crippen molar-refractivity contribution in [1.29, 1.82) is 0 Å². The predicted molar refractivity (Wildman–Crippen MR) is 117 cm³/mol. The van der Waals surface area contributed by atoms with Crippen molar-refractivity contribution in [3.05, 3.63) is 0 Å². The Morgan fingerprint density at radius 1 is 0.970 bits per heavy atom. The van der Waals surface area contributed by atoms with Gasteiger partial charge in [0.25, 0.3) is 0 Å². The summed E-state index contributed by atoms with van der Waals surface area (Å²) in [5, 5.41) is 22.2. The van der Waals surface area contributed by atoms with E-state index in [4.69, 9.17) is 14.2 Å². The molecule has 33 heavy (non-hydrogen) atoms. The van der Waals surface area contributed by atoms with Gasteiger partial charge in [0, 0.05) is 36.2 Å². The highest BCUT2D eigenvalue weighted by Crippen LogP contribution is 2.78. The van der Waals surface area contributed by atoms with E-state index in [1.165, 1.54) is 0 Å². The number of Topliss-reactive ketones (excluding diaryl/α,β-unsaturated/α-hetero) is 1. The molecule has 0 aromatic carbocycles. The van der Waals surface area contributed by atoms with E-state index >= 15 is 0 Å². The van der Waals surface area contributed by atoms with Crippen molar-refractivity contribution in [2.45, 2.75) is 96.7 Å². The van der Waals surface area contributed by atoms with E-state index in [1.54, 1.807) is 0 Å². The van der Waals surface area contributed by atoms with Gasteiger partial charge in [-0.3, -0.25) is 4.79 Å². The zero-order valence-electron chi connectivity index (χ0n) is 20.4. The number of fused-ring (bicyclic) bond motifs is 3. The van der Waals surface area contributed by atoms with Gasteiger partial charge < -0.3 is 24.4 Å². The van der Waals surface area contributed by atoms with E-state index in [0.29, 0.717) is 19.6 Å². The molecular formula is C26H38O7. The average molecular weight is 463 g/mol. The number of aliphatic hydroxyl groups is 2. The Kier molecular flexibility index (Phi) is 4.35. The van der Waals surface area contributed by atoms with Crippen LogP contribution in [-0.2, 0) is 23.8 Å². The van der Waals surface area contributed by atoms with Crippen LogP contribution in [0, 0.1) is 39.4 Å². The molecule has 11 atom stereocenters. The summed E-state index contributed by atoms with van der Waals surface area (Å²) >= 11 is 0. The maximum atomic E-state index is 14.2. The normalized spacial score (nSPS) is 59.1. The van der Waals surface area contributed by atoms with E-state index in [-0.39, 0.29) is 42.0 Å². The first-order valence-electron chi connectivity index (χ1n) is 12.7. The molecule has 184 valence electrons. The molecule has 0 radical (unpaired) electrons. The third-order valence-electron chi connectivity index (χ3n) is 11.8. The molecule has 4 unspecified atom stereocenters. The second kappa shape index (κ2) is 6.40. The molecule has 0 aromatic heterocycles. The largest absolute Gasteiger partial charge is 0.459 e. The van der Waals surface area contributed by atoms with Gasteiger partial charge in [-0.25, -0.2) is 4.79 Å². The number of cyclic esters (lactones) is 1. The van der Waals surface area contributed by atoms with Crippen LogP contribution >= 0.6 is 0 Å². The van der Waals surface area contributed by atoms with Gasteiger partial charge in [-0.05, 0) is 43.4 Å². The summed E-state index contributed by atoms with van der Waals surface area (Å²) in [5.74, 6) is -0.415. The number of rotatable bonds is 1. The molecule has 6 fully saturated rings. The van der Waals surface area contributed by atoms with E-state index in [2.05, 4.69) is 13.8 Å². The molecule has 0 amide bonds. The Labute approximate surface area is 195 Å². The molecule has 3 saturated carbocycles. The molecule has 0 bridgehead atoms. The molecule has 0 aromatic rings. The number of ether oxygens (including phenoxy) is 3. The van der Waals surface area contributed by atoms with Gasteiger partial charge in [0.2, 0.25) is 0 Å². The molecule has 6 aliphatic rings. The number of epoxide rings is 1. The number of hydrogen-bond acceptors (Lipinski definition) is 7. The molecular weight excluding hydrogens is 424 g/mol. The Morgan fingerprint density at radius 2 is 1.70 bits per heavy atom. The van der Waals surface area contributed by atoms with Crippen LogP contribution in [-0.4, -0.2) is 65.2 Å². The maximum absolute atomic E-state index is 14.2. The van der Waals surface area contributed by atoms with Crippen molar-refractivity contribution in [2.75, 3.05) is 13.2 Å². The van der Waals surface area contributed by atoms with Gasteiger partial charge in [-0.15, -0.1) is 0 Å². The smallest absolute Gasteiger partial charge is 0.338 e. The van der Waals surface area contributed by atoms with Gasteiger partial charge >= 0.3 is 5.97 Å². The summed E-state index contributed by atoms with van der Waals surface area (Å²) in [7, 11) is 0. The van der Waals surface area contributed by atoms with Crippen LogP contribution in [0.25, 0.3) is 0 Å². The lowest BCUT2D eigenvalue weighted by molar-refractivity contribution is -0.255. The fourth-order valence-electron chi connectivity index (χ4n) is 9.77. The van der Waals surface area contributed by atoms with Crippen LogP contribution in [0.4, 0.5) is 0 Å². The Morgan fingerprint density at radius 3 is 2.36 bits per heavy atom. The third kappa shape index (κ3) is 2.27. The Bertz CT molecular complexity index is 910. The van der Waals surface area contributed by atoms with Gasteiger partial charge in [-0.1, -0.05) is 27.7 Å². The highest BCUT2D eigenvalue weighted by molar-refractivity contribution is 5.93. The predicted octanol–water partition coefficient (Wildman–Crippen LogP) is 2.26. The minimum atomic E-state index is -0.906. The second-order valence-electron chi connectivity index (χ2n) is 13.1.